The van der Waals surface area contributed by atoms with Crippen molar-refractivity contribution < 1.29 is 4.74 Å². The Kier molecular flexibility index (Phi) is 2.87. The zero-order valence-corrected chi connectivity index (χ0v) is 10.1. The van der Waals surface area contributed by atoms with Crippen LogP contribution in [-0.4, -0.2) is 16.6 Å². The Labute approximate surface area is 110 Å². The average Bonchev–Trinajstić information content (AvgIpc) is 2.89. The van der Waals surface area contributed by atoms with Gasteiger partial charge in [-0.3, -0.25) is 0 Å². The fourth-order valence-electron chi connectivity index (χ4n) is 1.93. The minimum atomic E-state index is 0.0468. The molecular formula is C15H11N3O. The number of benzene rings is 2. The topological polar surface area (TPSA) is 61.7 Å². The summed E-state index contributed by atoms with van der Waals surface area (Å²) in [6, 6.07) is 17.4. The van der Waals surface area contributed by atoms with E-state index in [0.717, 1.165) is 22.4 Å². The van der Waals surface area contributed by atoms with E-state index in [2.05, 4.69) is 9.97 Å². The summed E-state index contributed by atoms with van der Waals surface area (Å²) in [6.07, 6.45) is 0. The maximum atomic E-state index is 8.50. The van der Waals surface area contributed by atoms with E-state index in [1.165, 1.54) is 0 Å². The van der Waals surface area contributed by atoms with Gasteiger partial charge in [0.15, 0.2) is 6.61 Å². The number of hydrogen-bond acceptors (Lipinski definition) is 3. The highest BCUT2D eigenvalue weighted by molar-refractivity contribution is 5.80. The van der Waals surface area contributed by atoms with Crippen LogP contribution in [0.1, 0.15) is 0 Å². The molecule has 4 heteroatoms. The first kappa shape index (κ1) is 11.3. The molecule has 3 rings (SSSR count). The zero-order valence-electron chi connectivity index (χ0n) is 10.1. The van der Waals surface area contributed by atoms with Crippen molar-refractivity contribution in [3.8, 4) is 23.2 Å². The molecule has 3 aromatic rings. The van der Waals surface area contributed by atoms with Crippen molar-refractivity contribution in [1.82, 2.24) is 9.97 Å². The lowest BCUT2D eigenvalue weighted by Gasteiger charge is -1.99. The molecule has 0 amide bonds. The Hall–Kier alpha value is -2.80. The van der Waals surface area contributed by atoms with Gasteiger partial charge in [0.2, 0.25) is 0 Å². The Morgan fingerprint density at radius 3 is 2.79 bits per heavy atom. The van der Waals surface area contributed by atoms with Crippen LogP contribution in [0.3, 0.4) is 0 Å². The molecule has 0 unspecified atom stereocenters. The lowest BCUT2D eigenvalue weighted by Crippen LogP contribution is -1.92. The van der Waals surface area contributed by atoms with Gasteiger partial charge in [0.05, 0.1) is 11.0 Å². The molecule has 0 aliphatic carbocycles. The molecule has 92 valence electrons. The SMILES string of the molecule is N#CCOc1ccc2nc(-c3ccccc3)[nH]c2c1. The number of rotatable bonds is 3. The van der Waals surface area contributed by atoms with E-state index in [-0.39, 0.29) is 6.61 Å². The second-order valence-electron chi connectivity index (χ2n) is 4.08. The first-order chi connectivity index (χ1) is 9.36. The molecule has 0 saturated heterocycles. The van der Waals surface area contributed by atoms with Crippen LogP contribution in [0.2, 0.25) is 0 Å². The summed E-state index contributed by atoms with van der Waals surface area (Å²) in [7, 11) is 0. The van der Waals surface area contributed by atoms with Crippen molar-refractivity contribution in [3.63, 3.8) is 0 Å². The Bertz CT molecular complexity index is 741. The van der Waals surface area contributed by atoms with Crippen molar-refractivity contribution >= 4 is 11.0 Å². The van der Waals surface area contributed by atoms with E-state index in [4.69, 9.17) is 10.00 Å². The van der Waals surface area contributed by atoms with Gasteiger partial charge in [-0.1, -0.05) is 30.3 Å². The molecule has 0 aliphatic rings. The predicted molar refractivity (Wildman–Crippen MR) is 72.6 cm³/mol. The van der Waals surface area contributed by atoms with Gasteiger partial charge in [0.25, 0.3) is 0 Å². The van der Waals surface area contributed by atoms with Gasteiger partial charge >= 0.3 is 0 Å². The molecule has 0 bridgehead atoms. The summed E-state index contributed by atoms with van der Waals surface area (Å²) in [4.78, 5) is 7.78. The Morgan fingerprint density at radius 2 is 2.00 bits per heavy atom. The van der Waals surface area contributed by atoms with Crippen LogP contribution >= 0.6 is 0 Å². The largest absolute Gasteiger partial charge is 0.479 e. The molecule has 1 aromatic heterocycles. The Morgan fingerprint density at radius 1 is 1.16 bits per heavy atom. The summed E-state index contributed by atoms with van der Waals surface area (Å²) in [5.74, 6) is 1.49. The second-order valence-corrected chi connectivity index (χ2v) is 4.08. The third-order valence-electron chi connectivity index (χ3n) is 2.80. The molecule has 1 heterocycles. The number of aromatic nitrogens is 2. The highest BCUT2D eigenvalue weighted by atomic mass is 16.5. The van der Waals surface area contributed by atoms with Crippen molar-refractivity contribution in [2.45, 2.75) is 0 Å². The van der Waals surface area contributed by atoms with Gasteiger partial charge in [-0.15, -0.1) is 0 Å². The quantitative estimate of drug-likeness (QED) is 0.775. The predicted octanol–water partition coefficient (Wildman–Crippen LogP) is 3.13. The van der Waals surface area contributed by atoms with Crippen LogP contribution in [0, 0.1) is 11.3 Å². The molecule has 19 heavy (non-hydrogen) atoms. The van der Waals surface area contributed by atoms with Gasteiger partial charge in [-0.2, -0.15) is 5.26 Å². The van der Waals surface area contributed by atoms with Crippen molar-refractivity contribution in [1.29, 1.82) is 5.26 Å². The first-order valence-corrected chi connectivity index (χ1v) is 5.92. The molecular weight excluding hydrogens is 238 g/mol. The summed E-state index contributed by atoms with van der Waals surface area (Å²) in [5, 5.41) is 8.50. The van der Waals surface area contributed by atoms with E-state index in [0.29, 0.717) is 5.75 Å². The number of hydrogen-bond donors (Lipinski definition) is 1. The van der Waals surface area contributed by atoms with E-state index in [1.54, 1.807) is 0 Å². The van der Waals surface area contributed by atoms with Gasteiger partial charge in [-0.25, -0.2) is 4.98 Å². The number of aromatic amines is 1. The Balaban J connectivity index is 2.00. The lowest BCUT2D eigenvalue weighted by molar-refractivity contribution is 0.368. The van der Waals surface area contributed by atoms with E-state index in [9.17, 15) is 0 Å². The van der Waals surface area contributed by atoms with Gasteiger partial charge < -0.3 is 9.72 Å². The van der Waals surface area contributed by atoms with Crippen molar-refractivity contribution in [2.75, 3.05) is 6.61 Å². The summed E-state index contributed by atoms with van der Waals surface area (Å²) < 4.78 is 5.27. The molecule has 0 atom stereocenters. The van der Waals surface area contributed by atoms with Gasteiger partial charge in [0, 0.05) is 11.6 Å². The van der Waals surface area contributed by atoms with Crippen LogP contribution in [0.15, 0.2) is 48.5 Å². The maximum Gasteiger partial charge on any atom is 0.174 e. The van der Waals surface area contributed by atoms with E-state index in [1.807, 2.05) is 54.6 Å². The molecule has 2 aromatic carbocycles. The molecule has 0 fully saturated rings. The minimum Gasteiger partial charge on any atom is -0.479 e. The normalized spacial score (nSPS) is 10.3. The number of H-pyrrole nitrogens is 1. The first-order valence-electron chi connectivity index (χ1n) is 5.92. The molecule has 4 nitrogen and oxygen atoms in total. The van der Waals surface area contributed by atoms with Crippen molar-refractivity contribution in [3.05, 3.63) is 48.5 Å². The zero-order chi connectivity index (χ0) is 13.1. The fourth-order valence-corrected chi connectivity index (χ4v) is 1.93. The number of nitriles is 1. The molecule has 0 saturated carbocycles. The highest BCUT2D eigenvalue weighted by Crippen LogP contribution is 2.23. The number of nitrogens with zero attached hydrogens (tertiary/aromatic N) is 2. The number of ether oxygens (including phenoxy) is 1. The number of imidazole rings is 1. The van der Waals surface area contributed by atoms with E-state index < -0.39 is 0 Å². The molecule has 0 aliphatic heterocycles. The van der Waals surface area contributed by atoms with Crippen molar-refractivity contribution in [2.24, 2.45) is 0 Å². The fraction of sp³-hybridized carbons (Fsp3) is 0.0667. The third kappa shape index (κ3) is 2.26. The van der Waals surface area contributed by atoms with Gasteiger partial charge in [0.1, 0.15) is 17.6 Å². The maximum absolute atomic E-state index is 8.50. The van der Waals surface area contributed by atoms with Crippen LogP contribution in [0.4, 0.5) is 0 Å². The number of nitrogens with one attached hydrogen (secondary N) is 1. The molecule has 1 N–H and O–H groups in total. The summed E-state index contributed by atoms with van der Waals surface area (Å²) in [6.45, 7) is 0.0468. The summed E-state index contributed by atoms with van der Waals surface area (Å²) in [5.41, 5.74) is 2.82. The minimum absolute atomic E-state index is 0.0468. The average molecular weight is 249 g/mol. The molecule has 0 spiro atoms. The third-order valence-corrected chi connectivity index (χ3v) is 2.80. The monoisotopic (exact) mass is 249 g/mol. The van der Waals surface area contributed by atoms with E-state index >= 15 is 0 Å². The van der Waals surface area contributed by atoms with Crippen LogP contribution < -0.4 is 4.74 Å². The van der Waals surface area contributed by atoms with Crippen LogP contribution in [-0.2, 0) is 0 Å². The number of fused-ring (bicyclic) bond motifs is 1. The smallest absolute Gasteiger partial charge is 0.174 e. The van der Waals surface area contributed by atoms with Gasteiger partial charge in [-0.05, 0) is 12.1 Å². The highest BCUT2D eigenvalue weighted by Gasteiger charge is 2.05. The second kappa shape index (κ2) is 4.83. The molecule has 0 radical (unpaired) electrons. The lowest BCUT2D eigenvalue weighted by atomic mass is 10.2. The van der Waals surface area contributed by atoms with Crippen LogP contribution in [0.5, 0.6) is 5.75 Å². The van der Waals surface area contributed by atoms with Crippen LogP contribution in [0.25, 0.3) is 22.4 Å². The standard InChI is InChI=1S/C15H11N3O/c16-8-9-19-12-6-7-13-14(10-12)18-15(17-13)11-4-2-1-3-5-11/h1-7,10H,9H2,(H,17,18). The summed E-state index contributed by atoms with van der Waals surface area (Å²) >= 11 is 0.